The van der Waals surface area contributed by atoms with E-state index in [1.807, 2.05) is 40.0 Å². The largest absolute Gasteiger partial charge is 0.489 e. The highest BCUT2D eigenvalue weighted by Crippen LogP contribution is 2.31. The van der Waals surface area contributed by atoms with Crippen molar-refractivity contribution in [3.8, 4) is 17.1 Å². The molecule has 0 aromatic carbocycles. The number of rotatable bonds is 10. The Morgan fingerprint density at radius 1 is 1.22 bits per heavy atom. The van der Waals surface area contributed by atoms with Crippen molar-refractivity contribution in [2.24, 2.45) is 18.9 Å². The molecule has 200 valence electrons. The molecule has 0 bridgehead atoms. The molecule has 11 nitrogen and oxygen atoms in total. The quantitative estimate of drug-likeness (QED) is 0.404. The number of ether oxygens (including phenoxy) is 2. The molecule has 0 aliphatic heterocycles. The van der Waals surface area contributed by atoms with Crippen LogP contribution < -0.4 is 10.1 Å². The van der Waals surface area contributed by atoms with Crippen LogP contribution in [0.15, 0.2) is 18.3 Å². The van der Waals surface area contributed by atoms with Gasteiger partial charge in [-0.2, -0.15) is 9.90 Å². The van der Waals surface area contributed by atoms with Crippen LogP contribution in [-0.4, -0.2) is 53.1 Å². The van der Waals surface area contributed by atoms with E-state index in [1.165, 1.54) is 0 Å². The van der Waals surface area contributed by atoms with Gasteiger partial charge in [0.15, 0.2) is 5.82 Å². The lowest BCUT2D eigenvalue weighted by molar-refractivity contribution is -0.154. The van der Waals surface area contributed by atoms with Gasteiger partial charge in [-0.1, -0.05) is 19.1 Å². The highest BCUT2D eigenvalue weighted by molar-refractivity contribution is 5.72. The Morgan fingerprint density at radius 3 is 2.76 bits per heavy atom. The van der Waals surface area contributed by atoms with Gasteiger partial charge >= 0.3 is 5.97 Å². The Bertz CT molecular complexity index is 1200. The normalized spacial score (nSPS) is 17.8. The van der Waals surface area contributed by atoms with Gasteiger partial charge in [-0.3, -0.25) is 4.79 Å². The van der Waals surface area contributed by atoms with Gasteiger partial charge in [0, 0.05) is 7.05 Å². The van der Waals surface area contributed by atoms with Gasteiger partial charge in [-0.15, -0.1) is 10.2 Å². The fraction of sp³-hybridized carbons (Fsp3) is 0.615. The van der Waals surface area contributed by atoms with Crippen molar-refractivity contribution in [2.45, 2.75) is 85.6 Å². The summed E-state index contributed by atoms with van der Waals surface area (Å²) in [7, 11) is 1.86. The molecule has 4 rings (SSSR count). The summed E-state index contributed by atoms with van der Waals surface area (Å²) < 4.78 is 13.4. The van der Waals surface area contributed by atoms with Gasteiger partial charge < -0.3 is 14.8 Å². The van der Waals surface area contributed by atoms with Gasteiger partial charge in [0.05, 0.1) is 54.5 Å². The van der Waals surface area contributed by atoms with Gasteiger partial charge in [0.2, 0.25) is 0 Å². The molecule has 37 heavy (non-hydrogen) atoms. The molecular formula is C26H38N8O3. The van der Waals surface area contributed by atoms with E-state index in [0.717, 1.165) is 48.6 Å². The number of nitrogens with one attached hydrogen (secondary N) is 1. The fourth-order valence-electron chi connectivity index (χ4n) is 4.52. The number of aryl methyl sites for hydroxylation is 2. The van der Waals surface area contributed by atoms with Gasteiger partial charge in [0.1, 0.15) is 11.4 Å². The van der Waals surface area contributed by atoms with Gasteiger partial charge in [0.25, 0.3) is 0 Å². The van der Waals surface area contributed by atoms with E-state index >= 15 is 0 Å². The second kappa shape index (κ2) is 11.7. The zero-order valence-electron chi connectivity index (χ0n) is 22.6. The topological polar surface area (TPSA) is 122 Å². The number of hydrogen-bond donors (Lipinski definition) is 1. The monoisotopic (exact) mass is 510 g/mol. The standard InChI is InChI=1S/C26H38N8O3/c1-16(2)15-34-28-14-24(31-34)27-13-22-25(30-32-33(22)6)21-10-11-23(18(5)29-21)37-20-9-7-8-19(12-20)26(35)36-17(3)4/h10-11,14,16-17,19-20H,7-9,12-13,15H2,1-6H3,(H,27,31)/t19-,20-/m0/s1. The third-order valence-corrected chi connectivity index (χ3v) is 6.33. The van der Waals surface area contributed by atoms with Crippen LogP contribution >= 0.6 is 0 Å². The lowest BCUT2D eigenvalue weighted by Gasteiger charge is -2.29. The summed E-state index contributed by atoms with van der Waals surface area (Å²) in [5.74, 6) is 1.64. The molecule has 1 aliphatic rings. The summed E-state index contributed by atoms with van der Waals surface area (Å²) in [6.07, 6.45) is 4.94. The Morgan fingerprint density at radius 2 is 2.03 bits per heavy atom. The number of pyridine rings is 1. The molecule has 1 fully saturated rings. The molecule has 1 N–H and O–H groups in total. The van der Waals surface area contributed by atoms with Crippen molar-refractivity contribution >= 4 is 11.8 Å². The SMILES string of the molecule is Cc1nc(-c2nnn(C)c2CNc2cnn(CC(C)C)n2)ccc1O[C@H]1CCC[C@H](C(=O)OC(C)C)C1. The predicted octanol–water partition coefficient (Wildman–Crippen LogP) is 3.93. The van der Waals surface area contributed by atoms with Crippen LogP contribution in [0, 0.1) is 18.8 Å². The molecule has 0 unspecified atom stereocenters. The predicted molar refractivity (Wildman–Crippen MR) is 139 cm³/mol. The minimum atomic E-state index is -0.125. The molecule has 0 saturated heterocycles. The maximum atomic E-state index is 12.4. The Balaban J connectivity index is 1.42. The summed E-state index contributed by atoms with van der Waals surface area (Å²) in [4.78, 5) is 18.8. The zero-order valence-corrected chi connectivity index (χ0v) is 22.6. The van der Waals surface area contributed by atoms with Crippen molar-refractivity contribution in [1.82, 2.24) is 35.0 Å². The third-order valence-electron chi connectivity index (χ3n) is 6.33. The summed E-state index contributed by atoms with van der Waals surface area (Å²) in [6, 6.07) is 3.83. The minimum Gasteiger partial charge on any atom is -0.489 e. The number of esters is 1. The third kappa shape index (κ3) is 6.84. The minimum absolute atomic E-state index is 0.0368. The molecule has 0 spiro atoms. The van der Waals surface area contributed by atoms with Crippen molar-refractivity contribution in [3.05, 3.63) is 29.7 Å². The van der Waals surface area contributed by atoms with Crippen LogP contribution in [0.5, 0.6) is 5.75 Å². The average Bonchev–Trinajstić information content (AvgIpc) is 3.44. The van der Waals surface area contributed by atoms with Crippen molar-refractivity contribution in [3.63, 3.8) is 0 Å². The highest BCUT2D eigenvalue weighted by atomic mass is 16.5. The molecule has 3 aromatic rings. The van der Waals surface area contributed by atoms with Crippen LogP contribution in [0.2, 0.25) is 0 Å². The first-order valence-corrected chi connectivity index (χ1v) is 13.1. The molecule has 3 aromatic heterocycles. The van der Waals surface area contributed by atoms with Crippen LogP contribution in [0.4, 0.5) is 5.82 Å². The van der Waals surface area contributed by atoms with Crippen molar-refractivity contribution in [2.75, 3.05) is 5.32 Å². The lowest BCUT2D eigenvalue weighted by Crippen LogP contribution is -2.31. The lowest BCUT2D eigenvalue weighted by atomic mass is 9.87. The molecule has 11 heteroatoms. The molecule has 1 aliphatic carbocycles. The van der Waals surface area contributed by atoms with Crippen molar-refractivity contribution in [1.29, 1.82) is 0 Å². The van der Waals surface area contributed by atoms with Crippen molar-refractivity contribution < 1.29 is 14.3 Å². The van der Waals surface area contributed by atoms with Crippen LogP contribution in [0.25, 0.3) is 11.4 Å². The summed E-state index contributed by atoms with van der Waals surface area (Å²) >= 11 is 0. The van der Waals surface area contributed by atoms with Crippen LogP contribution in [0.1, 0.15) is 64.8 Å². The average molecular weight is 511 g/mol. The number of carbonyl (C=O) groups excluding carboxylic acids is 1. The number of hydrogen-bond acceptors (Lipinski definition) is 9. The molecule has 2 atom stereocenters. The second-order valence-corrected chi connectivity index (χ2v) is 10.4. The molecule has 3 heterocycles. The van der Waals surface area contributed by atoms with E-state index in [2.05, 4.69) is 39.7 Å². The maximum Gasteiger partial charge on any atom is 0.309 e. The smallest absolute Gasteiger partial charge is 0.309 e. The molecular weight excluding hydrogens is 472 g/mol. The van der Waals surface area contributed by atoms with E-state index in [-0.39, 0.29) is 24.1 Å². The van der Waals surface area contributed by atoms with Gasteiger partial charge in [-0.25, -0.2) is 9.67 Å². The maximum absolute atomic E-state index is 12.4. The van der Waals surface area contributed by atoms with E-state index in [4.69, 9.17) is 14.5 Å². The fourth-order valence-corrected chi connectivity index (χ4v) is 4.52. The molecule has 0 amide bonds. The number of anilines is 1. The highest BCUT2D eigenvalue weighted by Gasteiger charge is 2.30. The van der Waals surface area contributed by atoms with Crippen LogP contribution in [0.3, 0.4) is 0 Å². The molecule has 1 saturated carbocycles. The zero-order chi connectivity index (χ0) is 26.5. The summed E-state index contributed by atoms with van der Waals surface area (Å²) in [6.45, 7) is 11.2. The van der Waals surface area contributed by atoms with Gasteiger partial charge in [-0.05, 0) is 64.5 Å². The Hall–Kier alpha value is -3.50. The summed E-state index contributed by atoms with van der Waals surface area (Å²) in [5.41, 5.74) is 3.08. The van der Waals surface area contributed by atoms with E-state index in [9.17, 15) is 4.79 Å². The first kappa shape index (κ1) is 26.6. The van der Waals surface area contributed by atoms with E-state index < -0.39 is 0 Å². The van der Waals surface area contributed by atoms with E-state index in [1.54, 1.807) is 15.7 Å². The Kier molecular flexibility index (Phi) is 8.40. The first-order chi connectivity index (χ1) is 17.7. The second-order valence-electron chi connectivity index (χ2n) is 10.4. The number of aromatic nitrogens is 7. The number of carbonyl (C=O) groups is 1. The summed E-state index contributed by atoms with van der Waals surface area (Å²) in [5, 5.41) is 20.7. The number of nitrogens with zero attached hydrogens (tertiary/aromatic N) is 7. The van der Waals surface area contributed by atoms with E-state index in [0.29, 0.717) is 30.4 Å². The Labute approximate surface area is 217 Å². The molecule has 0 radical (unpaired) electrons. The van der Waals surface area contributed by atoms with Crippen LogP contribution in [-0.2, 0) is 29.7 Å². The first-order valence-electron chi connectivity index (χ1n) is 13.1.